The fourth-order valence-corrected chi connectivity index (χ4v) is 3.60. The molecule has 2 fully saturated rings. The molecule has 1 aliphatic carbocycles. The van der Waals surface area contributed by atoms with Gasteiger partial charge in [0, 0.05) is 24.1 Å². The molecule has 0 spiro atoms. The van der Waals surface area contributed by atoms with Crippen molar-refractivity contribution in [3.63, 3.8) is 0 Å². The predicted octanol–water partition coefficient (Wildman–Crippen LogP) is 2.68. The minimum Gasteiger partial charge on any atom is -0.352 e. The van der Waals surface area contributed by atoms with Crippen LogP contribution in [0.3, 0.4) is 0 Å². The molecule has 136 valence electrons. The molecule has 1 saturated carbocycles. The fourth-order valence-electron chi connectivity index (χ4n) is 3.60. The Morgan fingerprint density at radius 1 is 1.20 bits per heavy atom. The number of carbonyl (C=O) groups is 2. The van der Waals surface area contributed by atoms with Gasteiger partial charge in [-0.05, 0) is 49.5 Å². The standard InChI is InChI=1S/C20H29N3O2/c1-14(17-12-21-13-17)19(24)22-11-15-6-5-9-18(10-15)23-20(25)16-7-3-2-4-8-16/h5-6,9-10,14,16-17,21H,2-4,7-8,11-13H2,1H3,(H,22,24)(H,23,25). The van der Waals surface area contributed by atoms with Crippen LogP contribution in [0.25, 0.3) is 0 Å². The first-order valence-electron chi connectivity index (χ1n) is 9.51. The Labute approximate surface area is 150 Å². The molecule has 1 heterocycles. The molecule has 0 radical (unpaired) electrons. The molecule has 0 aromatic heterocycles. The highest BCUT2D eigenvalue weighted by Crippen LogP contribution is 2.25. The summed E-state index contributed by atoms with van der Waals surface area (Å²) in [5.74, 6) is 0.862. The topological polar surface area (TPSA) is 70.2 Å². The second kappa shape index (κ2) is 8.48. The third-order valence-electron chi connectivity index (χ3n) is 5.57. The van der Waals surface area contributed by atoms with Gasteiger partial charge in [0.25, 0.3) is 0 Å². The molecule has 0 bridgehead atoms. The van der Waals surface area contributed by atoms with Gasteiger partial charge in [-0.1, -0.05) is 38.3 Å². The van der Waals surface area contributed by atoms with Gasteiger partial charge in [-0.3, -0.25) is 9.59 Å². The number of amides is 2. The maximum atomic E-state index is 12.4. The second-order valence-corrected chi connectivity index (χ2v) is 7.45. The summed E-state index contributed by atoms with van der Waals surface area (Å²) in [5.41, 5.74) is 1.83. The quantitative estimate of drug-likeness (QED) is 0.744. The lowest BCUT2D eigenvalue weighted by molar-refractivity contribution is -0.126. The predicted molar refractivity (Wildman–Crippen MR) is 99.0 cm³/mol. The molecular weight excluding hydrogens is 314 g/mol. The maximum Gasteiger partial charge on any atom is 0.227 e. The lowest BCUT2D eigenvalue weighted by Crippen LogP contribution is -2.49. The van der Waals surface area contributed by atoms with Crippen molar-refractivity contribution >= 4 is 17.5 Å². The largest absolute Gasteiger partial charge is 0.352 e. The van der Waals surface area contributed by atoms with Crippen LogP contribution >= 0.6 is 0 Å². The highest BCUT2D eigenvalue weighted by Gasteiger charge is 2.28. The van der Waals surface area contributed by atoms with Gasteiger partial charge in [-0.2, -0.15) is 0 Å². The summed E-state index contributed by atoms with van der Waals surface area (Å²) in [6.07, 6.45) is 5.54. The Bertz CT molecular complexity index is 607. The van der Waals surface area contributed by atoms with Crippen LogP contribution in [0.1, 0.15) is 44.6 Å². The zero-order chi connectivity index (χ0) is 17.6. The number of anilines is 1. The third-order valence-corrected chi connectivity index (χ3v) is 5.57. The molecular formula is C20H29N3O2. The van der Waals surface area contributed by atoms with E-state index in [9.17, 15) is 9.59 Å². The Hall–Kier alpha value is -1.88. The Morgan fingerprint density at radius 3 is 2.64 bits per heavy atom. The molecule has 3 N–H and O–H groups in total. The summed E-state index contributed by atoms with van der Waals surface area (Å²) in [5, 5.41) is 9.25. The van der Waals surface area contributed by atoms with Crippen molar-refractivity contribution in [2.24, 2.45) is 17.8 Å². The number of carbonyl (C=O) groups excluding carboxylic acids is 2. The van der Waals surface area contributed by atoms with Gasteiger partial charge in [0.15, 0.2) is 0 Å². The summed E-state index contributed by atoms with van der Waals surface area (Å²) >= 11 is 0. The van der Waals surface area contributed by atoms with Crippen LogP contribution in [0.15, 0.2) is 24.3 Å². The van der Waals surface area contributed by atoms with Crippen molar-refractivity contribution in [1.82, 2.24) is 10.6 Å². The highest BCUT2D eigenvalue weighted by molar-refractivity contribution is 5.92. The smallest absolute Gasteiger partial charge is 0.227 e. The van der Waals surface area contributed by atoms with Crippen LogP contribution in [0.5, 0.6) is 0 Å². The van der Waals surface area contributed by atoms with Crippen LogP contribution in [-0.2, 0) is 16.1 Å². The number of hydrogen-bond acceptors (Lipinski definition) is 3. The van der Waals surface area contributed by atoms with Crippen LogP contribution in [0, 0.1) is 17.8 Å². The molecule has 1 unspecified atom stereocenters. The third kappa shape index (κ3) is 4.82. The molecule has 5 heteroatoms. The van der Waals surface area contributed by atoms with Crippen LogP contribution < -0.4 is 16.0 Å². The molecule has 1 atom stereocenters. The lowest BCUT2D eigenvalue weighted by atomic mass is 9.88. The van der Waals surface area contributed by atoms with E-state index in [1.54, 1.807) is 0 Å². The molecule has 2 amide bonds. The summed E-state index contributed by atoms with van der Waals surface area (Å²) < 4.78 is 0. The molecule has 1 aliphatic heterocycles. The van der Waals surface area contributed by atoms with E-state index in [1.165, 1.54) is 6.42 Å². The SMILES string of the molecule is CC(C(=O)NCc1cccc(NC(=O)C2CCCCC2)c1)C1CNC1. The number of nitrogens with one attached hydrogen (secondary N) is 3. The molecule has 1 aromatic rings. The minimum absolute atomic E-state index is 0.0374. The molecule has 2 aliphatic rings. The van der Waals surface area contributed by atoms with Gasteiger partial charge in [-0.25, -0.2) is 0 Å². The van der Waals surface area contributed by atoms with Crippen LogP contribution in [0.4, 0.5) is 5.69 Å². The summed E-state index contributed by atoms with van der Waals surface area (Å²) in [7, 11) is 0. The van der Waals surface area contributed by atoms with Crippen molar-refractivity contribution in [3.05, 3.63) is 29.8 Å². The normalized spacial score (nSPS) is 19.7. The minimum atomic E-state index is 0.0374. The molecule has 5 nitrogen and oxygen atoms in total. The second-order valence-electron chi connectivity index (χ2n) is 7.45. The van der Waals surface area contributed by atoms with E-state index in [-0.39, 0.29) is 23.7 Å². The average Bonchev–Trinajstić information content (AvgIpc) is 2.59. The maximum absolute atomic E-state index is 12.4. The van der Waals surface area contributed by atoms with Crippen molar-refractivity contribution in [1.29, 1.82) is 0 Å². The molecule has 1 saturated heterocycles. The summed E-state index contributed by atoms with van der Waals surface area (Å²) in [6.45, 7) is 4.34. The summed E-state index contributed by atoms with van der Waals surface area (Å²) in [4.78, 5) is 24.6. The zero-order valence-corrected chi connectivity index (χ0v) is 15.0. The van der Waals surface area contributed by atoms with E-state index in [0.29, 0.717) is 12.5 Å². The first kappa shape index (κ1) is 17.9. The van der Waals surface area contributed by atoms with Crippen molar-refractivity contribution in [2.75, 3.05) is 18.4 Å². The lowest BCUT2D eigenvalue weighted by Gasteiger charge is -2.31. The van der Waals surface area contributed by atoms with Gasteiger partial charge >= 0.3 is 0 Å². The van der Waals surface area contributed by atoms with Crippen LogP contribution in [0.2, 0.25) is 0 Å². The van der Waals surface area contributed by atoms with E-state index in [4.69, 9.17) is 0 Å². The van der Waals surface area contributed by atoms with Gasteiger partial charge < -0.3 is 16.0 Å². The van der Waals surface area contributed by atoms with E-state index in [0.717, 1.165) is 50.0 Å². The highest BCUT2D eigenvalue weighted by atomic mass is 16.2. The van der Waals surface area contributed by atoms with E-state index < -0.39 is 0 Å². The Morgan fingerprint density at radius 2 is 1.96 bits per heavy atom. The Kier molecular flexibility index (Phi) is 6.08. The first-order valence-corrected chi connectivity index (χ1v) is 9.51. The monoisotopic (exact) mass is 343 g/mol. The van der Waals surface area contributed by atoms with Gasteiger partial charge in [0.2, 0.25) is 11.8 Å². The molecule has 3 rings (SSSR count). The van der Waals surface area contributed by atoms with Gasteiger partial charge in [-0.15, -0.1) is 0 Å². The molecule has 1 aromatic carbocycles. The Balaban J connectivity index is 1.50. The van der Waals surface area contributed by atoms with Gasteiger partial charge in [0.05, 0.1) is 0 Å². The number of rotatable bonds is 6. The summed E-state index contributed by atoms with van der Waals surface area (Å²) in [6, 6.07) is 7.77. The van der Waals surface area contributed by atoms with Crippen LogP contribution in [-0.4, -0.2) is 24.9 Å². The van der Waals surface area contributed by atoms with E-state index >= 15 is 0 Å². The average molecular weight is 343 g/mol. The van der Waals surface area contributed by atoms with Crippen molar-refractivity contribution < 1.29 is 9.59 Å². The molecule has 25 heavy (non-hydrogen) atoms. The number of benzene rings is 1. The van der Waals surface area contributed by atoms with Crippen molar-refractivity contribution in [2.45, 2.75) is 45.6 Å². The fraction of sp³-hybridized carbons (Fsp3) is 0.600. The zero-order valence-electron chi connectivity index (χ0n) is 15.0. The van der Waals surface area contributed by atoms with Crippen molar-refractivity contribution in [3.8, 4) is 0 Å². The first-order chi connectivity index (χ1) is 12.1. The van der Waals surface area contributed by atoms with E-state index in [2.05, 4.69) is 16.0 Å². The number of hydrogen-bond donors (Lipinski definition) is 3. The van der Waals surface area contributed by atoms with E-state index in [1.807, 2.05) is 31.2 Å². The van der Waals surface area contributed by atoms with Gasteiger partial charge in [0.1, 0.15) is 0 Å².